The third-order valence-corrected chi connectivity index (χ3v) is 2.22. The average Bonchev–Trinajstić information content (AvgIpc) is 2.01. The third kappa shape index (κ3) is 2.15. The molecule has 2 heteroatoms. The van der Waals surface area contributed by atoms with Gasteiger partial charge in [-0.3, -0.25) is 0 Å². The summed E-state index contributed by atoms with van der Waals surface area (Å²) in [5, 5.41) is 19.0. The van der Waals surface area contributed by atoms with Gasteiger partial charge in [0.25, 0.3) is 0 Å². The molecule has 1 aromatic carbocycles. The summed E-state index contributed by atoms with van der Waals surface area (Å²) in [5.74, 6) is 0.0513. The number of aliphatic hydroxyl groups is 2. The van der Waals surface area contributed by atoms with Crippen molar-refractivity contribution in [2.24, 2.45) is 0 Å². The summed E-state index contributed by atoms with van der Waals surface area (Å²) in [5.41, 5.74) is 1.66. The van der Waals surface area contributed by atoms with Crippen LogP contribution in [0.25, 0.3) is 5.76 Å². The molecule has 0 bridgehead atoms. The highest BCUT2D eigenvalue weighted by molar-refractivity contribution is 5.57. The Morgan fingerprint density at radius 3 is 2.29 bits per heavy atom. The summed E-state index contributed by atoms with van der Waals surface area (Å²) in [4.78, 5) is 0. The van der Waals surface area contributed by atoms with E-state index in [0.717, 1.165) is 11.1 Å². The van der Waals surface area contributed by atoms with Crippen LogP contribution in [0.3, 0.4) is 0 Å². The van der Waals surface area contributed by atoms with Crippen LogP contribution in [0.1, 0.15) is 30.5 Å². The monoisotopic (exact) mass is 192 g/mol. The highest BCUT2D eigenvalue weighted by Crippen LogP contribution is 2.25. The number of hydrogen-bond donors (Lipinski definition) is 2. The van der Waals surface area contributed by atoms with Gasteiger partial charge in [-0.05, 0) is 38.0 Å². The summed E-state index contributed by atoms with van der Waals surface area (Å²) < 4.78 is 0. The van der Waals surface area contributed by atoms with Gasteiger partial charge in [-0.25, -0.2) is 0 Å². The summed E-state index contributed by atoms with van der Waals surface area (Å²) in [6.07, 6.45) is 0. The second-order valence-electron chi connectivity index (χ2n) is 4.04. The van der Waals surface area contributed by atoms with Gasteiger partial charge < -0.3 is 10.2 Å². The lowest BCUT2D eigenvalue weighted by Gasteiger charge is -2.20. The summed E-state index contributed by atoms with van der Waals surface area (Å²) in [6, 6.07) is 5.38. The van der Waals surface area contributed by atoms with Gasteiger partial charge in [0.15, 0.2) is 0 Å². The molecule has 0 saturated heterocycles. The Kier molecular flexibility index (Phi) is 2.67. The van der Waals surface area contributed by atoms with Crippen LogP contribution in [0.2, 0.25) is 0 Å². The zero-order valence-electron chi connectivity index (χ0n) is 8.83. The molecule has 0 radical (unpaired) electrons. The number of benzene rings is 1. The van der Waals surface area contributed by atoms with Gasteiger partial charge in [0.05, 0.1) is 5.60 Å². The maximum Gasteiger partial charge on any atom is 0.115 e. The van der Waals surface area contributed by atoms with Crippen LogP contribution in [0.15, 0.2) is 24.8 Å². The lowest BCUT2D eigenvalue weighted by Crippen LogP contribution is -2.17. The van der Waals surface area contributed by atoms with Crippen LogP contribution in [-0.4, -0.2) is 10.2 Å². The van der Waals surface area contributed by atoms with Gasteiger partial charge in [0.2, 0.25) is 0 Å². The van der Waals surface area contributed by atoms with E-state index in [1.165, 1.54) is 0 Å². The Balaban J connectivity index is 3.21. The molecule has 0 aliphatic heterocycles. The van der Waals surface area contributed by atoms with Crippen molar-refractivity contribution < 1.29 is 10.2 Å². The average molecular weight is 192 g/mol. The first-order chi connectivity index (χ1) is 6.32. The van der Waals surface area contributed by atoms with Gasteiger partial charge in [-0.15, -0.1) is 0 Å². The zero-order valence-corrected chi connectivity index (χ0v) is 8.83. The smallest absolute Gasteiger partial charge is 0.115 e. The highest BCUT2D eigenvalue weighted by Gasteiger charge is 2.18. The molecule has 2 N–H and O–H groups in total. The van der Waals surface area contributed by atoms with Gasteiger partial charge >= 0.3 is 0 Å². The molecule has 0 aromatic heterocycles. The van der Waals surface area contributed by atoms with E-state index in [2.05, 4.69) is 6.58 Å². The van der Waals surface area contributed by atoms with E-state index in [9.17, 15) is 10.2 Å². The summed E-state index contributed by atoms with van der Waals surface area (Å²) in [6.45, 7) is 8.83. The minimum Gasteiger partial charge on any atom is -0.508 e. The minimum atomic E-state index is -0.848. The third-order valence-electron chi connectivity index (χ3n) is 2.22. The van der Waals surface area contributed by atoms with Crippen molar-refractivity contribution in [3.05, 3.63) is 41.5 Å². The molecule has 1 rings (SSSR count). The van der Waals surface area contributed by atoms with Crippen molar-refractivity contribution in [3.8, 4) is 0 Å². The Morgan fingerprint density at radius 2 is 1.93 bits per heavy atom. The van der Waals surface area contributed by atoms with Crippen molar-refractivity contribution in [1.82, 2.24) is 0 Å². The normalized spacial score (nSPS) is 11.4. The molecular formula is C12H16O2. The number of rotatable bonds is 2. The first-order valence-electron chi connectivity index (χ1n) is 4.54. The maximum atomic E-state index is 9.81. The summed E-state index contributed by atoms with van der Waals surface area (Å²) in [7, 11) is 0. The topological polar surface area (TPSA) is 40.5 Å². The molecular weight excluding hydrogens is 176 g/mol. The predicted octanol–water partition coefficient (Wildman–Crippen LogP) is 2.75. The number of hydrogen-bond acceptors (Lipinski definition) is 2. The number of aryl methyl sites for hydroxylation is 1. The van der Waals surface area contributed by atoms with Crippen molar-refractivity contribution in [2.75, 3.05) is 0 Å². The Labute approximate surface area is 84.5 Å². The van der Waals surface area contributed by atoms with Crippen molar-refractivity contribution in [2.45, 2.75) is 26.4 Å². The molecule has 0 heterocycles. The predicted molar refractivity (Wildman–Crippen MR) is 58.1 cm³/mol. The largest absolute Gasteiger partial charge is 0.508 e. The Bertz CT molecular complexity index is 359. The molecule has 0 fully saturated rings. The van der Waals surface area contributed by atoms with Crippen LogP contribution in [0.5, 0.6) is 0 Å². The summed E-state index contributed by atoms with van der Waals surface area (Å²) >= 11 is 0. The van der Waals surface area contributed by atoms with E-state index in [4.69, 9.17) is 0 Å². The molecule has 0 unspecified atom stereocenters. The van der Waals surface area contributed by atoms with Crippen LogP contribution < -0.4 is 0 Å². The molecule has 0 amide bonds. The van der Waals surface area contributed by atoms with Crippen molar-refractivity contribution in [3.63, 3.8) is 0 Å². The van der Waals surface area contributed by atoms with Gasteiger partial charge in [0.1, 0.15) is 5.76 Å². The lowest BCUT2D eigenvalue weighted by atomic mass is 9.92. The fourth-order valence-corrected chi connectivity index (χ4v) is 1.53. The molecule has 76 valence electrons. The molecule has 0 atom stereocenters. The Hall–Kier alpha value is -1.28. The lowest BCUT2D eigenvalue weighted by molar-refractivity contribution is 0.0779. The second kappa shape index (κ2) is 3.46. The zero-order chi connectivity index (χ0) is 10.9. The minimum absolute atomic E-state index is 0.0513. The van der Waals surface area contributed by atoms with Gasteiger partial charge in [0, 0.05) is 5.56 Å². The van der Waals surface area contributed by atoms with E-state index in [1.807, 2.05) is 19.1 Å². The molecule has 0 spiro atoms. The standard InChI is InChI=1S/C12H16O2/c1-8-7-10(9(2)13)5-6-11(8)12(3,4)14/h5-7,13-14H,2H2,1,3-4H3. The molecule has 0 aliphatic rings. The van der Waals surface area contributed by atoms with E-state index < -0.39 is 5.60 Å². The fraction of sp³-hybridized carbons (Fsp3) is 0.333. The van der Waals surface area contributed by atoms with E-state index in [0.29, 0.717) is 5.56 Å². The van der Waals surface area contributed by atoms with Crippen LogP contribution in [-0.2, 0) is 5.60 Å². The quantitative estimate of drug-likeness (QED) is 0.707. The highest BCUT2D eigenvalue weighted by atomic mass is 16.3. The van der Waals surface area contributed by atoms with E-state index in [1.54, 1.807) is 19.9 Å². The van der Waals surface area contributed by atoms with E-state index in [-0.39, 0.29) is 5.76 Å². The molecule has 0 saturated carbocycles. The van der Waals surface area contributed by atoms with E-state index >= 15 is 0 Å². The first kappa shape index (κ1) is 10.8. The Morgan fingerprint density at radius 1 is 1.36 bits per heavy atom. The van der Waals surface area contributed by atoms with Gasteiger partial charge in [-0.1, -0.05) is 18.7 Å². The van der Waals surface area contributed by atoms with Crippen LogP contribution >= 0.6 is 0 Å². The van der Waals surface area contributed by atoms with Gasteiger partial charge in [-0.2, -0.15) is 0 Å². The second-order valence-corrected chi connectivity index (χ2v) is 4.04. The molecule has 14 heavy (non-hydrogen) atoms. The van der Waals surface area contributed by atoms with Crippen LogP contribution in [0, 0.1) is 6.92 Å². The SMILES string of the molecule is C=C(O)c1ccc(C(C)(C)O)c(C)c1. The van der Waals surface area contributed by atoms with Crippen molar-refractivity contribution in [1.29, 1.82) is 0 Å². The van der Waals surface area contributed by atoms with Crippen LogP contribution in [0.4, 0.5) is 0 Å². The maximum absolute atomic E-state index is 9.81. The molecule has 2 nitrogen and oxygen atoms in total. The fourth-order valence-electron chi connectivity index (χ4n) is 1.53. The first-order valence-corrected chi connectivity index (χ1v) is 4.54. The van der Waals surface area contributed by atoms with Crippen molar-refractivity contribution >= 4 is 5.76 Å². The number of aliphatic hydroxyl groups excluding tert-OH is 1. The molecule has 1 aromatic rings. The molecule has 0 aliphatic carbocycles.